The Bertz CT molecular complexity index is 61.4. The van der Waals surface area contributed by atoms with Crippen molar-refractivity contribution in [3.05, 3.63) is 0 Å². The fourth-order valence-electron chi connectivity index (χ4n) is 0. The average molecular weight is 410 g/mol. The zero-order chi connectivity index (χ0) is 3.58. The molecule has 3 nitrogen and oxygen atoms in total. The normalized spacial score (nSPS) is 2.67. The summed E-state index contributed by atoms with van der Waals surface area (Å²) in [7, 11) is 0. The van der Waals surface area contributed by atoms with Gasteiger partial charge in [-0.3, -0.25) is 0 Å². The van der Waals surface area contributed by atoms with Crippen LogP contribution in [0.25, 0.3) is 0 Å². The van der Waals surface area contributed by atoms with Gasteiger partial charge in [-0.15, -0.1) is 0 Å². The van der Waals surface area contributed by atoms with Crippen molar-refractivity contribution >= 4 is 161 Å². The smallest absolute Gasteiger partial charge is 1.00 e. The molecule has 0 aromatic heterocycles. The zero-order valence-corrected chi connectivity index (χ0v) is 17.7. The molecule has 0 unspecified atom stereocenters. The summed E-state index contributed by atoms with van der Waals surface area (Å²) in [4.78, 5) is 8.33. The van der Waals surface area contributed by atoms with Crippen molar-refractivity contribution in [2.24, 2.45) is 0 Å². The molecule has 0 aromatic rings. The Labute approximate surface area is 196 Å². The maximum absolute atomic E-state index is 8.33. The fraction of sp³-hybridized carbons (Fsp3) is 0. The minimum Gasteiger partial charge on any atom is -1.00 e. The minimum atomic E-state index is -2.33. The molecule has 0 atom stereocenters. The first-order chi connectivity index (χ1) is 1.73. The fourth-order valence-corrected chi connectivity index (χ4v) is 0. The summed E-state index contributed by atoms with van der Waals surface area (Å²) in [5.41, 5.74) is 0. The van der Waals surface area contributed by atoms with Gasteiger partial charge in [0.15, 0.2) is 0 Å². The molecule has 0 saturated carbocycles. The first-order valence-corrected chi connectivity index (χ1v) is 0.612. The third kappa shape index (κ3) is 64.1. The molecule has 0 N–H and O–H groups in total. The first kappa shape index (κ1) is 37.1. The van der Waals surface area contributed by atoms with Gasteiger partial charge in [0, 0.05) is 17.1 Å². The van der Waals surface area contributed by atoms with E-state index in [2.05, 4.69) is 0 Å². The third-order valence-electron chi connectivity index (χ3n) is 0. The molecule has 0 spiro atoms. The summed E-state index contributed by atoms with van der Waals surface area (Å²) in [6, 6.07) is 0. The Morgan fingerprint density at radius 2 is 1.33 bits per heavy atom. The van der Waals surface area contributed by atoms with E-state index in [1.54, 1.807) is 0 Å². The molecule has 9 heavy (non-hydrogen) atoms. The van der Waals surface area contributed by atoms with E-state index in [0.717, 1.165) is 0 Å². The van der Waals surface area contributed by atoms with Crippen molar-refractivity contribution in [3.8, 4) is 0 Å². The van der Waals surface area contributed by atoms with E-state index in [0.29, 0.717) is 0 Å². The molecule has 8 heteroatoms. The Balaban J connectivity index is -0.000000000818. The Morgan fingerprint density at radius 1 is 1.33 bits per heavy atom. The van der Waals surface area contributed by atoms with Crippen molar-refractivity contribution < 1.29 is 40.6 Å². The number of carbonyl (C=O) groups is 1. The summed E-state index contributed by atoms with van der Waals surface area (Å²) in [6.07, 6.45) is -2.33. The molecule has 0 saturated heterocycles. The van der Waals surface area contributed by atoms with Crippen molar-refractivity contribution in [2.75, 3.05) is 0 Å². The van der Waals surface area contributed by atoms with Gasteiger partial charge in [0.25, 0.3) is 0 Å². The predicted molar refractivity (Wildman–Crippen MR) is 35.1 cm³/mol. The Morgan fingerprint density at radius 3 is 1.33 bits per heavy atom. The van der Waals surface area contributed by atoms with Gasteiger partial charge in [-0.1, -0.05) is 0 Å². The quantitative estimate of drug-likeness (QED) is 0.394. The Kier molecular flexibility index (Phi) is 121. The van der Waals surface area contributed by atoms with E-state index in [1.165, 1.54) is 0 Å². The van der Waals surface area contributed by atoms with Crippen LogP contribution >= 0.6 is 0 Å². The van der Waals surface area contributed by atoms with Crippen LogP contribution in [0.4, 0.5) is 4.79 Å². The third-order valence-corrected chi connectivity index (χ3v) is 0. The molecule has 0 aliphatic carbocycles. The molecule has 1 radical (unpaired) electrons. The van der Waals surface area contributed by atoms with Gasteiger partial charge in [0.1, 0.15) is 0 Å². The maximum atomic E-state index is 8.33. The molecule has 0 amide bonds. The summed E-state index contributed by atoms with van der Waals surface area (Å²) >= 11 is 0. The van der Waals surface area contributed by atoms with Crippen LogP contribution in [0.3, 0.4) is 0 Å². The van der Waals surface area contributed by atoms with E-state index in [9.17, 15) is 0 Å². The number of carboxylic acid groups (broad SMARTS) is 2. The second-order valence-corrected chi connectivity index (χ2v) is 0.250. The predicted octanol–water partition coefficient (Wildman–Crippen LogP) is -3.30. The van der Waals surface area contributed by atoms with Crippen molar-refractivity contribution in [2.45, 2.75) is 0 Å². The molecular formula is CH6BaCaMgMnO3Sr. The van der Waals surface area contributed by atoms with Gasteiger partial charge < -0.3 is 23.6 Å². The van der Waals surface area contributed by atoms with Crippen LogP contribution < -0.4 is 10.2 Å². The largest absolute Gasteiger partial charge is 2.00 e. The van der Waals surface area contributed by atoms with Crippen LogP contribution in [0.5, 0.6) is 0 Å². The van der Waals surface area contributed by atoms with Gasteiger partial charge in [-0.05, 0) is 6.16 Å². The van der Waals surface area contributed by atoms with Crippen LogP contribution in [0.15, 0.2) is 0 Å². The molecule has 0 bridgehead atoms. The summed E-state index contributed by atoms with van der Waals surface area (Å²) in [5.74, 6) is 0. The van der Waals surface area contributed by atoms with Crippen LogP contribution in [0.2, 0.25) is 0 Å². The molecule has 0 rings (SSSR count). The summed E-state index contributed by atoms with van der Waals surface area (Å²) in [5, 5.41) is 16.7. The number of rotatable bonds is 0. The maximum Gasteiger partial charge on any atom is 2.00 e. The second-order valence-electron chi connectivity index (χ2n) is 0.250. The van der Waals surface area contributed by atoms with E-state index in [-0.39, 0.29) is 181 Å². The summed E-state index contributed by atoms with van der Waals surface area (Å²) in [6.45, 7) is 0. The van der Waals surface area contributed by atoms with Gasteiger partial charge in [0.2, 0.25) is 0 Å². The van der Waals surface area contributed by atoms with Crippen LogP contribution in [0, 0.1) is 0 Å². The molecule has 0 heterocycles. The number of carbonyl (C=O) groups excluding carboxylic acids is 1. The van der Waals surface area contributed by atoms with Gasteiger partial charge in [0.05, 0.1) is 0 Å². The Hall–Kier alpha value is 4.87. The zero-order valence-electron chi connectivity index (χ0n) is 10.9. The molecule has 0 aromatic carbocycles. The number of hydrogen-bond donors (Lipinski definition) is 0. The van der Waals surface area contributed by atoms with E-state index >= 15 is 0 Å². The van der Waals surface area contributed by atoms with Gasteiger partial charge >= 0.3 is 155 Å². The molecule has 0 aliphatic rings. The van der Waals surface area contributed by atoms with E-state index < -0.39 is 6.16 Å². The standard InChI is InChI=1S/CH2O3.Ba.Ca.Mg.Mn.Sr.6H/c2-1(3)4;;;;;;;;;;;/h(H2,2,3,4);;;;;;;;;;;/q;3*+2;;+2;6*-1/p-2. The summed E-state index contributed by atoms with van der Waals surface area (Å²) < 4.78 is 0. The van der Waals surface area contributed by atoms with Gasteiger partial charge in [-0.2, -0.15) is 0 Å². The number of hydrogen-bond acceptors (Lipinski definition) is 3. The van der Waals surface area contributed by atoms with Crippen molar-refractivity contribution in [1.82, 2.24) is 0 Å². The second kappa shape index (κ2) is 29.3. The van der Waals surface area contributed by atoms with Crippen LogP contribution in [-0.4, -0.2) is 161 Å². The van der Waals surface area contributed by atoms with E-state index in [4.69, 9.17) is 15.0 Å². The first-order valence-electron chi connectivity index (χ1n) is 0.612. The van der Waals surface area contributed by atoms with Gasteiger partial charge in [-0.25, -0.2) is 0 Å². The molecule has 43 valence electrons. The monoisotopic (exact) mass is 411 g/mol. The SMILES string of the molecule is O=C([O-])[O-].[Ba+2].[Ca+2].[H-].[H-].[H-].[H-].[H-].[H-].[Mg+2].[Mn].[Sr+2]. The van der Waals surface area contributed by atoms with Crippen molar-refractivity contribution in [3.63, 3.8) is 0 Å². The molecule has 0 aliphatic heterocycles. The topological polar surface area (TPSA) is 63.2 Å². The van der Waals surface area contributed by atoms with E-state index in [1.807, 2.05) is 0 Å². The van der Waals surface area contributed by atoms with Crippen molar-refractivity contribution in [1.29, 1.82) is 0 Å². The van der Waals surface area contributed by atoms with Crippen LogP contribution in [0.1, 0.15) is 8.56 Å². The average Bonchev–Trinajstić information content (AvgIpc) is 0.811. The molecule has 0 fully saturated rings. The van der Waals surface area contributed by atoms with Crippen LogP contribution in [-0.2, 0) is 17.1 Å². The minimum absolute atomic E-state index is 0. The molecular weight excluding hydrogens is 404 g/mol.